The van der Waals surface area contributed by atoms with Crippen molar-refractivity contribution < 1.29 is 9.53 Å². The van der Waals surface area contributed by atoms with Crippen molar-refractivity contribution in [1.29, 1.82) is 0 Å². The first-order valence-corrected chi connectivity index (χ1v) is 7.82. The normalized spacial score (nSPS) is 22.5. The van der Waals surface area contributed by atoms with E-state index in [2.05, 4.69) is 5.10 Å². The van der Waals surface area contributed by atoms with E-state index in [1.807, 2.05) is 38.1 Å². The molecule has 0 spiro atoms. The lowest BCUT2D eigenvalue weighted by Crippen LogP contribution is -2.50. The largest absolute Gasteiger partial charge is 0.399 e. The molecule has 0 radical (unpaired) electrons. The number of nitrogens with two attached hydrogens (primary N) is 1. The number of nitrogen functional groups attached to an aromatic ring is 1. The highest BCUT2D eigenvalue weighted by Crippen LogP contribution is 2.33. The Labute approximate surface area is 131 Å². The van der Waals surface area contributed by atoms with Crippen LogP contribution in [0.5, 0.6) is 0 Å². The number of hydrazone groups is 1. The van der Waals surface area contributed by atoms with Gasteiger partial charge in [0.1, 0.15) is 0 Å². The zero-order valence-corrected chi connectivity index (χ0v) is 13.2. The van der Waals surface area contributed by atoms with Crippen LogP contribution in [0.2, 0.25) is 0 Å². The number of ether oxygens (including phenoxy) is 1. The molecule has 5 heteroatoms. The fraction of sp³-hybridized carbons (Fsp3) is 0.529. The molecule has 0 aliphatic carbocycles. The van der Waals surface area contributed by atoms with Gasteiger partial charge in [-0.3, -0.25) is 4.79 Å². The molecule has 1 amide bonds. The first-order valence-electron chi connectivity index (χ1n) is 7.82. The van der Waals surface area contributed by atoms with Crippen LogP contribution in [0, 0.1) is 5.41 Å². The molecule has 2 aliphatic heterocycles. The van der Waals surface area contributed by atoms with Gasteiger partial charge in [-0.1, -0.05) is 26.0 Å². The lowest BCUT2D eigenvalue weighted by atomic mass is 9.82. The van der Waals surface area contributed by atoms with Crippen LogP contribution in [0.4, 0.5) is 5.69 Å². The summed E-state index contributed by atoms with van der Waals surface area (Å²) in [7, 11) is 0. The molecule has 2 aliphatic rings. The van der Waals surface area contributed by atoms with Crippen molar-refractivity contribution in [3.63, 3.8) is 0 Å². The molecule has 1 fully saturated rings. The molecule has 118 valence electrons. The second kappa shape index (κ2) is 5.72. The molecule has 1 aromatic carbocycles. The molecule has 2 heterocycles. The number of rotatable bonds is 2. The van der Waals surface area contributed by atoms with Gasteiger partial charge in [-0.25, -0.2) is 5.01 Å². The van der Waals surface area contributed by atoms with Crippen molar-refractivity contribution in [2.75, 3.05) is 18.9 Å². The molecular weight excluding hydrogens is 278 g/mol. The first kappa shape index (κ1) is 15.0. The van der Waals surface area contributed by atoms with Crippen molar-refractivity contribution >= 4 is 17.3 Å². The molecule has 3 rings (SSSR count). The molecule has 0 bridgehead atoms. The highest BCUT2D eigenvalue weighted by Gasteiger charge is 2.41. The zero-order valence-electron chi connectivity index (χ0n) is 13.2. The Morgan fingerprint density at radius 1 is 1.23 bits per heavy atom. The third-order valence-electron chi connectivity index (χ3n) is 4.41. The van der Waals surface area contributed by atoms with E-state index < -0.39 is 5.41 Å². The predicted octanol–water partition coefficient (Wildman–Crippen LogP) is 2.41. The maximum Gasteiger partial charge on any atom is 0.248 e. The van der Waals surface area contributed by atoms with Crippen LogP contribution < -0.4 is 5.73 Å². The summed E-state index contributed by atoms with van der Waals surface area (Å²) >= 11 is 0. The lowest BCUT2D eigenvalue weighted by Gasteiger charge is -2.39. The summed E-state index contributed by atoms with van der Waals surface area (Å²) in [5, 5.41) is 6.39. The Balaban J connectivity index is 1.94. The maximum absolute atomic E-state index is 12.7. The summed E-state index contributed by atoms with van der Waals surface area (Å²) in [4.78, 5) is 12.7. The van der Waals surface area contributed by atoms with Crippen LogP contribution >= 0.6 is 0 Å². The average molecular weight is 301 g/mol. The number of carbonyl (C=O) groups is 1. The first-order chi connectivity index (χ1) is 10.5. The number of hydrogen-bond acceptors (Lipinski definition) is 4. The minimum atomic E-state index is -0.434. The minimum Gasteiger partial charge on any atom is -0.399 e. The fourth-order valence-electron chi connectivity index (χ4n) is 3.03. The van der Waals surface area contributed by atoms with Crippen molar-refractivity contribution in [3.8, 4) is 0 Å². The summed E-state index contributed by atoms with van der Waals surface area (Å²) in [6.45, 7) is 5.38. The number of hydrogen-bond donors (Lipinski definition) is 1. The van der Waals surface area contributed by atoms with Gasteiger partial charge in [0.15, 0.2) is 0 Å². The quantitative estimate of drug-likeness (QED) is 0.853. The number of anilines is 1. The van der Waals surface area contributed by atoms with E-state index in [9.17, 15) is 4.79 Å². The molecule has 1 aromatic rings. The van der Waals surface area contributed by atoms with Gasteiger partial charge in [-0.05, 0) is 30.5 Å². The van der Waals surface area contributed by atoms with Crippen molar-refractivity contribution in [3.05, 3.63) is 29.8 Å². The van der Waals surface area contributed by atoms with E-state index in [1.54, 1.807) is 5.01 Å². The van der Waals surface area contributed by atoms with Crippen LogP contribution in [0.15, 0.2) is 29.4 Å². The zero-order chi connectivity index (χ0) is 15.7. The monoisotopic (exact) mass is 301 g/mol. The smallest absolute Gasteiger partial charge is 0.248 e. The summed E-state index contributed by atoms with van der Waals surface area (Å²) in [5.74, 6) is 0.110. The van der Waals surface area contributed by atoms with Gasteiger partial charge in [0.25, 0.3) is 0 Å². The Hall–Kier alpha value is -1.88. The van der Waals surface area contributed by atoms with E-state index >= 15 is 0 Å². The molecule has 0 saturated carbocycles. The molecule has 0 atom stereocenters. The van der Waals surface area contributed by atoms with Gasteiger partial charge in [0.2, 0.25) is 5.91 Å². The van der Waals surface area contributed by atoms with Crippen LogP contribution in [0.3, 0.4) is 0 Å². The standard InChI is InChI=1S/C17H23N3O2/c1-17(2)11-15(12-3-5-13(18)6-4-12)19-20(16(17)21)14-7-9-22-10-8-14/h3-6,14H,7-11,18H2,1-2H3. The molecule has 0 aromatic heterocycles. The highest BCUT2D eigenvalue weighted by molar-refractivity contribution is 6.06. The Morgan fingerprint density at radius 2 is 1.86 bits per heavy atom. The second-order valence-corrected chi connectivity index (χ2v) is 6.72. The number of carbonyl (C=O) groups excluding carboxylic acids is 1. The third-order valence-corrected chi connectivity index (χ3v) is 4.41. The third kappa shape index (κ3) is 2.86. The van der Waals surface area contributed by atoms with Gasteiger partial charge in [0.05, 0.1) is 17.2 Å². The minimum absolute atomic E-state index is 0.110. The molecule has 22 heavy (non-hydrogen) atoms. The summed E-state index contributed by atoms with van der Waals surface area (Å²) in [5.41, 5.74) is 8.05. The topological polar surface area (TPSA) is 67.9 Å². The Bertz CT molecular complexity index is 586. The van der Waals surface area contributed by atoms with Crippen molar-refractivity contribution in [2.24, 2.45) is 10.5 Å². The second-order valence-electron chi connectivity index (χ2n) is 6.72. The van der Waals surface area contributed by atoms with Crippen LogP contribution in [0.1, 0.15) is 38.7 Å². The Kier molecular flexibility index (Phi) is 3.91. The van der Waals surface area contributed by atoms with E-state index in [0.29, 0.717) is 19.6 Å². The summed E-state index contributed by atoms with van der Waals surface area (Å²) in [6.07, 6.45) is 2.34. The van der Waals surface area contributed by atoms with E-state index in [4.69, 9.17) is 10.5 Å². The van der Waals surface area contributed by atoms with Crippen molar-refractivity contribution in [2.45, 2.75) is 39.2 Å². The predicted molar refractivity (Wildman–Crippen MR) is 86.5 cm³/mol. The van der Waals surface area contributed by atoms with Gasteiger partial charge in [-0.2, -0.15) is 5.10 Å². The summed E-state index contributed by atoms with van der Waals surface area (Å²) < 4.78 is 5.40. The Morgan fingerprint density at radius 3 is 2.50 bits per heavy atom. The van der Waals surface area contributed by atoms with Gasteiger partial charge in [0, 0.05) is 25.3 Å². The van der Waals surface area contributed by atoms with Crippen LogP contribution in [0.25, 0.3) is 0 Å². The van der Waals surface area contributed by atoms with Crippen LogP contribution in [-0.2, 0) is 9.53 Å². The molecule has 1 saturated heterocycles. The number of benzene rings is 1. The van der Waals surface area contributed by atoms with Gasteiger partial charge >= 0.3 is 0 Å². The number of nitrogens with zero attached hydrogens (tertiary/aromatic N) is 2. The molecule has 5 nitrogen and oxygen atoms in total. The lowest BCUT2D eigenvalue weighted by molar-refractivity contribution is -0.145. The van der Waals surface area contributed by atoms with E-state index in [0.717, 1.165) is 29.8 Å². The van der Waals surface area contributed by atoms with Gasteiger partial charge in [-0.15, -0.1) is 0 Å². The molecule has 2 N–H and O–H groups in total. The number of amides is 1. The maximum atomic E-state index is 12.7. The van der Waals surface area contributed by atoms with Gasteiger partial charge < -0.3 is 10.5 Å². The highest BCUT2D eigenvalue weighted by atomic mass is 16.5. The SMILES string of the molecule is CC1(C)CC(c2ccc(N)cc2)=NN(C2CCOCC2)C1=O. The summed E-state index contributed by atoms with van der Waals surface area (Å²) in [6, 6.07) is 7.84. The van der Waals surface area contributed by atoms with Crippen molar-refractivity contribution in [1.82, 2.24) is 5.01 Å². The van der Waals surface area contributed by atoms with E-state index in [-0.39, 0.29) is 11.9 Å². The molecular formula is C17H23N3O2. The average Bonchev–Trinajstić information content (AvgIpc) is 2.51. The van der Waals surface area contributed by atoms with Crippen LogP contribution in [-0.4, -0.2) is 35.9 Å². The fourth-order valence-corrected chi connectivity index (χ4v) is 3.03. The molecule has 0 unspecified atom stereocenters. The van der Waals surface area contributed by atoms with E-state index in [1.165, 1.54) is 0 Å².